The van der Waals surface area contributed by atoms with Crippen molar-refractivity contribution in [1.82, 2.24) is 14.5 Å². The molecule has 0 saturated carbocycles. The SMILES string of the molecule is CN(C)C(C)(C)C(=O)c1nccn1C. The summed E-state index contributed by atoms with van der Waals surface area (Å²) in [5.74, 6) is 0.540. The highest BCUT2D eigenvalue weighted by Crippen LogP contribution is 2.16. The molecule has 4 nitrogen and oxygen atoms in total. The minimum absolute atomic E-state index is 0.0370. The van der Waals surface area contributed by atoms with Crippen LogP contribution in [0.15, 0.2) is 12.4 Å². The fourth-order valence-corrected chi connectivity index (χ4v) is 1.06. The van der Waals surface area contributed by atoms with Crippen molar-refractivity contribution in [2.24, 2.45) is 7.05 Å². The lowest BCUT2D eigenvalue weighted by atomic mass is 9.97. The first-order chi connectivity index (χ1) is 6.37. The summed E-state index contributed by atoms with van der Waals surface area (Å²) in [5.41, 5.74) is -0.515. The molecule has 0 aliphatic heterocycles. The van der Waals surface area contributed by atoms with E-state index in [1.165, 1.54) is 0 Å². The fourth-order valence-electron chi connectivity index (χ4n) is 1.06. The number of Topliss-reactive ketones (excluding diaryl/α,β-unsaturated/α-hetero) is 1. The molecule has 0 N–H and O–H groups in total. The van der Waals surface area contributed by atoms with E-state index in [4.69, 9.17) is 0 Å². The number of hydrogen-bond donors (Lipinski definition) is 0. The first-order valence-electron chi connectivity index (χ1n) is 4.57. The highest BCUT2D eigenvalue weighted by Gasteiger charge is 2.33. The molecule has 0 saturated heterocycles. The molecule has 0 amide bonds. The zero-order valence-electron chi connectivity index (χ0n) is 9.40. The van der Waals surface area contributed by atoms with Gasteiger partial charge in [-0.2, -0.15) is 0 Å². The van der Waals surface area contributed by atoms with Gasteiger partial charge in [0.05, 0.1) is 5.54 Å². The number of ketones is 1. The maximum absolute atomic E-state index is 12.1. The van der Waals surface area contributed by atoms with Gasteiger partial charge in [-0.25, -0.2) is 4.98 Å². The summed E-state index contributed by atoms with van der Waals surface area (Å²) in [6, 6.07) is 0. The van der Waals surface area contributed by atoms with E-state index < -0.39 is 5.54 Å². The van der Waals surface area contributed by atoms with Crippen molar-refractivity contribution in [1.29, 1.82) is 0 Å². The molecule has 1 rings (SSSR count). The molecule has 0 unspecified atom stereocenters. The van der Waals surface area contributed by atoms with Crippen LogP contribution >= 0.6 is 0 Å². The molecule has 0 aliphatic carbocycles. The Morgan fingerprint density at radius 3 is 2.43 bits per heavy atom. The van der Waals surface area contributed by atoms with Gasteiger partial charge in [0.1, 0.15) is 0 Å². The summed E-state index contributed by atoms with van der Waals surface area (Å²) in [5, 5.41) is 0. The summed E-state index contributed by atoms with van der Waals surface area (Å²) in [6.07, 6.45) is 3.41. The summed E-state index contributed by atoms with van der Waals surface area (Å²) in [6.45, 7) is 3.79. The van der Waals surface area contributed by atoms with Gasteiger partial charge in [0.25, 0.3) is 0 Å². The third kappa shape index (κ3) is 1.70. The minimum Gasteiger partial charge on any atom is -0.332 e. The van der Waals surface area contributed by atoms with Gasteiger partial charge in [-0.05, 0) is 27.9 Å². The Balaban J connectivity index is 3.02. The maximum atomic E-state index is 12.1. The number of carbonyl (C=O) groups is 1. The molecule has 14 heavy (non-hydrogen) atoms. The van der Waals surface area contributed by atoms with Crippen LogP contribution < -0.4 is 0 Å². The zero-order valence-corrected chi connectivity index (χ0v) is 9.40. The predicted octanol–water partition coefficient (Wildman–Crippen LogP) is 0.943. The summed E-state index contributed by atoms with van der Waals surface area (Å²) in [4.78, 5) is 18.0. The summed E-state index contributed by atoms with van der Waals surface area (Å²) in [7, 11) is 5.60. The monoisotopic (exact) mass is 195 g/mol. The van der Waals surface area contributed by atoms with E-state index in [0.29, 0.717) is 5.82 Å². The van der Waals surface area contributed by atoms with Crippen molar-refractivity contribution in [3.8, 4) is 0 Å². The molecule has 1 heterocycles. The normalized spacial score (nSPS) is 12.1. The quantitative estimate of drug-likeness (QED) is 0.674. The van der Waals surface area contributed by atoms with Gasteiger partial charge in [0, 0.05) is 19.4 Å². The fraction of sp³-hybridized carbons (Fsp3) is 0.600. The molecule has 0 aromatic carbocycles. The van der Waals surface area contributed by atoms with E-state index in [0.717, 1.165) is 0 Å². The van der Waals surface area contributed by atoms with Crippen molar-refractivity contribution >= 4 is 5.78 Å². The Kier molecular flexibility index (Phi) is 2.76. The van der Waals surface area contributed by atoms with E-state index in [1.54, 1.807) is 17.0 Å². The number of likely N-dealkylation sites (N-methyl/N-ethyl adjacent to an activating group) is 1. The molecule has 1 aromatic heterocycles. The molecule has 78 valence electrons. The number of carbonyl (C=O) groups excluding carboxylic acids is 1. The Morgan fingerprint density at radius 1 is 1.50 bits per heavy atom. The Labute approximate surface area is 84.5 Å². The van der Waals surface area contributed by atoms with Crippen LogP contribution in [-0.4, -0.2) is 39.9 Å². The molecule has 0 fully saturated rings. The van der Waals surface area contributed by atoms with Crippen LogP contribution in [0.5, 0.6) is 0 Å². The molecule has 0 atom stereocenters. The average Bonchev–Trinajstić information content (AvgIpc) is 2.49. The van der Waals surface area contributed by atoms with Crippen LogP contribution in [0.2, 0.25) is 0 Å². The number of nitrogens with zero attached hydrogens (tertiary/aromatic N) is 3. The van der Waals surface area contributed by atoms with E-state index >= 15 is 0 Å². The molecular formula is C10H17N3O. The molecule has 0 radical (unpaired) electrons. The lowest BCUT2D eigenvalue weighted by Gasteiger charge is -2.30. The van der Waals surface area contributed by atoms with Crippen LogP contribution in [0.4, 0.5) is 0 Å². The van der Waals surface area contributed by atoms with Crippen molar-refractivity contribution in [2.45, 2.75) is 19.4 Å². The summed E-state index contributed by atoms with van der Waals surface area (Å²) < 4.78 is 1.74. The Morgan fingerprint density at radius 2 is 2.07 bits per heavy atom. The Hall–Kier alpha value is -1.16. The number of hydrogen-bond acceptors (Lipinski definition) is 3. The zero-order chi connectivity index (χ0) is 10.9. The van der Waals surface area contributed by atoms with Crippen LogP contribution in [0.25, 0.3) is 0 Å². The van der Waals surface area contributed by atoms with Crippen LogP contribution in [0, 0.1) is 0 Å². The van der Waals surface area contributed by atoms with Gasteiger partial charge >= 0.3 is 0 Å². The van der Waals surface area contributed by atoms with Gasteiger partial charge < -0.3 is 4.57 Å². The van der Waals surface area contributed by atoms with Crippen LogP contribution in [0.3, 0.4) is 0 Å². The van der Waals surface area contributed by atoms with E-state index in [-0.39, 0.29) is 5.78 Å². The minimum atomic E-state index is -0.515. The van der Waals surface area contributed by atoms with Gasteiger partial charge in [0.15, 0.2) is 5.82 Å². The second-order valence-corrected chi connectivity index (χ2v) is 4.14. The first-order valence-corrected chi connectivity index (χ1v) is 4.57. The van der Waals surface area contributed by atoms with E-state index in [1.807, 2.05) is 39.9 Å². The molecule has 1 aromatic rings. The highest BCUT2D eigenvalue weighted by atomic mass is 16.1. The van der Waals surface area contributed by atoms with E-state index in [2.05, 4.69) is 4.98 Å². The maximum Gasteiger partial charge on any atom is 0.217 e. The average molecular weight is 195 g/mol. The van der Waals surface area contributed by atoms with Gasteiger partial charge in [-0.3, -0.25) is 9.69 Å². The molecule has 0 aliphatic rings. The third-order valence-electron chi connectivity index (χ3n) is 2.70. The largest absolute Gasteiger partial charge is 0.332 e. The third-order valence-corrected chi connectivity index (χ3v) is 2.70. The van der Waals surface area contributed by atoms with Crippen molar-refractivity contribution in [3.63, 3.8) is 0 Å². The van der Waals surface area contributed by atoms with Gasteiger partial charge in [0.2, 0.25) is 5.78 Å². The lowest BCUT2D eigenvalue weighted by Crippen LogP contribution is -2.46. The highest BCUT2D eigenvalue weighted by molar-refractivity contribution is 5.99. The number of aryl methyl sites for hydroxylation is 1. The standard InChI is InChI=1S/C10H17N3O/c1-10(2,12(3)4)8(14)9-11-6-7-13(9)5/h6-7H,1-5H3. The van der Waals surface area contributed by atoms with Crippen molar-refractivity contribution in [3.05, 3.63) is 18.2 Å². The molecule has 0 spiro atoms. The van der Waals surface area contributed by atoms with Gasteiger partial charge in [-0.15, -0.1) is 0 Å². The second kappa shape index (κ2) is 3.53. The molecular weight excluding hydrogens is 178 g/mol. The molecule has 0 bridgehead atoms. The van der Waals surface area contributed by atoms with Crippen molar-refractivity contribution in [2.75, 3.05) is 14.1 Å². The second-order valence-electron chi connectivity index (χ2n) is 4.14. The van der Waals surface area contributed by atoms with Crippen LogP contribution in [-0.2, 0) is 7.05 Å². The van der Waals surface area contributed by atoms with Crippen LogP contribution in [0.1, 0.15) is 24.5 Å². The topological polar surface area (TPSA) is 38.1 Å². The number of rotatable bonds is 3. The first kappa shape index (κ1) is 10.9. The van der Waals surface area contributed by atoms with Gasteiger partial charge in [-0.1, -0.05) is 0 Å². The lowest BCUT2D eigenvalue weighted by molar-refractivity contribution is 0.0740. The number of imidazole rings is 1. The number of aromatic nitrogens is 2. The van der Waals surface area contributed by atoms with E-state index in [9.17, 15) is 4.79 Å². The van der Waals surface area contributed by atoms with Crippen molar-refractivity contribution < 1.29 is 4.79 Å². The smallest absolute Gasteiger partial charge is 0.217 e. The summed E-state index contributed by atoms with van der Waals surface area (Å²) >= 11 is 0. The predicted molar refractivity (Wildman–Crippen MR) is 55.3 cm³/mol. The molecule has 4 heteroatoms. The Bertz CT molecular complexity index is 339.